The number of aromatic nitrogens is 2. The molecule has 0 saturated heterocycles. The Morgan fingerprint density at radius 1 is 1.07 bits per heavy atom. The molecule has 1 aromatic heterocycles. The van der Waals surface area contributed by atoms with Crippen molar-refractivity contribution in [2.24, 2.45) is 5.92 Å². The van der Waals surface area contributed by atoms with Gasteiger partial charge < -0.3 is 5.32 Å². The Bertz CT molecular complexity index is 1560. The standard InChI is InChI=1S/C34H35FN4O/c1-22-9-7-8-12-31(22)38(3)34(40)37-30(24-10-5-4-6-11-24)19-25-13-14-26-20-32-29(23(2)33(25)26)21-36-39(32)28-17-15-27(35)16-18-28/h4-12,15-18,21,23,25,30H,13-14,19-20H2,1-3H3,(H,37,40)/t23-,25+,30?/m0/s1. The molecular weight excluding hydrogens is 499 g/mol. The molecule has 0 aliphatic heterocycles. The smallest absolute Gasteiger partial charge is 0.322 e. The van der Waals surface area contributed by atoms with Crippen molar-refractivity contribution in [1.29, 1.82) is 0 Å². The van der Waals surface area contributed by atoms with Gasteiger partial charge in [0.15, 0.2) is 0 Å². The van der Waals surface area contributed by atoms with Gasteiger partial charge in [0, 0.05) is 30.6 Å². The van der Waals surface area contributed by atoms with E-state index >= 15 is 0 Å². The van der Waals surface area contributed by atoms with E-state index in [1.54, 1.807) is 17.0 Å². The zero-order valence-corrected chi connectivity index (χ0v) is 23.3. The van der Waals surface area contributed by atoms with E-state index in [1.807, 2.05) is 67.3 Å². The van der Waals surface area contributed by atoms with Gasteiger partial charge in [0.05, 0.1) is 23.6 Å². The van der Waals surface area contributed by atoms with Gasteiger partial charge in [0.1, 0.15) is 5.82 Å². The van der Waals surface area contributed by atoms with E-state index in [9.17, 15) is 9.18 Å². The predicted molar refractivity (Wildman–Crippen MR) is 157 cm³/mol. The fraction of sp³-hybridized carbons (Fsp3) is 0.294. The van der Waals surface area contributed by atoms with Crippen molar-refractivity contribution in [3.05, 3.63) is 124 Å². The molecule has 4 aromatic rings. The largest absolute Gasteiger partial charge is 0.331 e. The number of nitrogens with zero attached hydrogens (tertiary/aromatic N) is 3. The van der Waals surface area contributed by atoms with Gasteiger partial charge in [0.25, 0.3) is 0 Å². The molecule has 2 amide bonds. The molecule has 1 heterocycles. The summed E-state index contributed by atoms with van der Waals surface area (Å²) in [5, 5.41) is 8.07. The number of hydrogen-bond donors (Lipinski definition) is 1. The SMILES string of the molecule is Cc1ccccc1N(C)C(=O)NC(C[C@H]1CCC2=C1[C@@H](C)c1cnn(-c3ccc(F)cc3)c1C2)c1ccccc1. The van der Waals surface area contributed by atoms with Crippen LogP contribution in [0.1, 0.15) is 60.5 Å². The van der Waals surface area contributed by atoms with Crippen LogP contribution in [0.3, 0.4) is 0 Å². The normalized spacial score (nSPS) is 18.7. The van der Waals surface area contributed by atoms with E-state index in [1.165, 1.54) is 34.5 Å². The number of urea groups is 1. The first-order valence-corrected chi connectivity index (χ1v) is 14.1. The Labute approximate surface area is 235 Å². The highest BCUT2D eigenvalue weighted by Crippen LogP contribution is 2.49. The molecule has 0 radical (unpaired) electrons. The molecule has 2 aliphatic carbocycles. The van der Waals surface area contributed by atoms with Crippen LogP contribution in [0.5, 0.6) is 0 Å². The Morgan fingerprint density at radius 3 is 2.55 bits per heavy atom. The number of benzene rings is 3. The molecule has 0 fully saturated rings. The predicted octanol–water partition coefficient (Wildman–Crippen LogP) is 7.66. The number of hydrogen-bond acceptors (Lipinski definition) is 2. The number of carbonyl (C=O) groups excluding carboxylic acids is 1. The molecule has 40 heavy (non-hydrogen) atoms. The average molecular weight is 535 g/mol. The maximum atomic E-state index is 13.5. The Balaban J connectivity index is 1.25. The second-order valence-electron chi connectivity index (χ2n) is 11.1. The Kier molecular flexibility index (Phi) is 7.01. The van der Waals surface area contributed by atoms with Gasteiger partial charge in [-0.1, -0.05) is 66.6 Å². The fourth-order valence-corrected chi connectivity index (χ4v) is 6.67. The summed E-state index contributed by atoms with van der Waals surface area (Å²) in [5.74, 6) is 0.385. The summed E-state index contributed by atoms with van der Waals surface area (Å²) in [6.07, 6.45) is 5.83. The summed E-state index contributed by atoms with van der Waals surface area (Å²) in [6, 6.07) is 24.6. The lowest BCUT2D eigenvalue weighted by atomic mass is 9.78. The van der Waals surface area contributed by atoms with Gasteiger partial charge in [-0.2, -0.15) is 5.10 Å². The third-order valence-electron chi connectivity index (χ3n) is 8.73. The van der Waals surface area contributed by atoms with E-state index in [4.69, 9.17) is 5.10 Å². The molecule has 1 N–H and O–H groups in total. The van der Waals surface area contributed by atoms with Gasteiger partial charge in [-0.15, -0.1) is 0 Å². The number of nitrogens with one attached hydrogen (secondary N) is 1. The van der Waals surface area contributed by atoms with Crippen LogP contribution in [0.15, 0.2) is 96.2 Å². The van der Waals surface area contributed by atoms with Crippen molar-refractivity contribution < 1.29 is 9.18 Å². The van der Waals surface area contributed by atoms with E-state index in [-0.39, 0.29) is 23.8 Å². The van der Waals surface area contributed by atoms with Crippen molar-refractivity contribution in [2.75, 3.05) is 11.9 Å². The maximum Gasteiger partial charge on any atom is 0.322 e. The van der Waals surface area contributed by atoms with Crippen LogP contribution in [0.25, 0.3) is 5.69 Å². The average Bonchev–Trinajstić information content (AvgIpc) is 3.58. The summed E-state index contributed by atoms with van der Waals surface area (Å²) in [4.78, 5) is 15.2. The molecule has 3 aromatic carbocycles. The topological polar surface area (TPSA) is 50.2 Å². The van der Waals surface area contributed by atoms with Crippen molar-refractivity contribution in [3.63, 3.8) is 0 Å². The number of fused-ring (bicyclic) bond motifs is 1. The van der Waals surface area contributed by atoms with Crippen molar-refractivity contribution in [2.45, 2.75) is 51.5 Å². The lowest BCUT2D eigenvalue weighted by molar-refractivity contribution is 0.241. The number of halogens is 1. The van der Waals surface area contributed by atoms with E-state index in [0.29, 0.717) is 5.92 Å². The third-order valence-corrected chi connectivity index (χ3v) is 8.73. The van der Waals surface area contributed by atoms with E-state index in [0.717, 1.165) is 48.2 Å². The third kappa shape index (κ3) is 4.83. The maximum absolute atomic E-state index is 13.5. The molecule has 204 valence electrons. The first-order chi connectivity index (χ1) is 19.4. The minimum atomic E-state index is -0.244. The quantitative estimate of drug-likeness (QED) is 0.258. The lowest BCUT2D eigenvalue weighted by Gasteiger charge is -2.31. The minimum absolute atomic E-state index is 0.102. The molecule has 6 rings (SSSR count). The number of rotatable bonds is 6. The van der Waals surface area contributed by atoms with Crippen molar-refractivity contribution in [3.8, 4) is 5.69 Å². The van der Waals surface area contributed by atoms with Crippen molar-refractivity contribution in [1.82, 2.24) is 15.1 Å². The number of allylic oxidation sites excluding steroid dienone is 2. The molecule has 6 heteroatoms. The summed E-state index contributed by atoms with van der Waals surface area (Å²) >= 11 is 0. The highest BCUT2D eigenvalue weighted by atomic mass is 19.1. The van der Waals surface area contributed by atoms with Crippen LogP contribution >= 0.6 is 0 Å². The molecule has 0 bridgehead atoms. The first-order valence-electron chi connectivity index (χ1n) is 14.1. The highest BCUT2D eigenvalue weighted by Gasteiger charge is 2.37. The fourth-order valence-electron chi connectivity index (χ4n) is 6.67. The summed E-state index contributed by atoms with van der Waals surface area (Å²) < 4.78 is 15.5. The Morgan fingerprint density at radius 2 is 1.80 bits per heavy atom. The number of aryl methyl sites for hydroxylation is 1. The van der Waals surface area contributed by atoms with Gasteiger partial charge in [-0.05, 0) is 73.6 Å². The van der Waals surface area contributed by atoms with Crippen LogP contribution in [-0.2, 0) is 6.42 Å². The zero-order chi connectivity index (χ0) is 27.8. The molecular formula is C34H35FN4O. The van der Waals surface area contributed by atoms with Gasteiger partial charge in [-0.25, -0.2) is 13.9 Å². The van der Waals surface area contributed by atoms with Crippen molar-refractivity contribution >= 4 is 11.7 Å². The van der Waals surface area contributed by atoms with Crippen LogP contribution in [-0.4, -0.2) is 22.9 Å². The lowest BCUT2D eigenvalue weighted by Crippen LogP contribution is -2.40. The molecule has 3 atom stereocenters. The highest BCUT2D eigenvalue weighted by molar-refractivity contribution is 5.92. The zero-order valence-electron chi connectivity index (χ0n) is 23.3. The second-order valence-corrected chi connectivity index (χ2v) is 11.1. The molecule has 0 spiro atoms. The molecule has 2 aliphatic rings. The Hall–Kier alpha value is -4.19. The minimum Gasteiger partial charge on any atom is -0.331 e. The number of carbonyl (C=O) groups is 1. The molecule has 5 nitrogen and oxygen atoms in total. The summed E-state index contributed by atoms with van der Waals surface area (Å²) in [5.41, 5.74) is 9.42. The monoisotopic (exact) mass is 534 g/mol. The van der Waals surface area contributed by atoms with Crippen LogP contribution in [0.4, 0.5) is 14.9 Å². The molecule has 1 unspecified atom stereocenters. The summed E-state index contributed by atoms with van der Waals surface area (Å²) in [6.45, 7) is 4.31. The van der Waals surface area contributed by atoms with E-state index in [2.05, 4.69) is 24.4 Å². The van der Waals surface area contributed by atoms with Crippen LogP contribution < -0.4 is 10.2 Å². The van der Waals surface area contributed by atoms with Crippen LogP contribution in [0, 0.1) is 18.7 Å². The number of para-hydroxylation sites is 1. The van der Waals surface area contributed by atoms with Gasteiger partial charge >= 0.3 is 6.03 Å². The molecule has 0 saturated carbocycles. The van der Waals surface area contributed by atoms with E-state index < -0.39 is 0 Å². The second kappa shape index (κ2) is 10.8. The summed E-state index contributed by atoms with van der Waals surface area (Å²) in [7, 11) is 1.83. The number of anilines is 1. The first kappa shape index (κ1) is 26.1. The van der Waals surface area contributed by atoms with Crippen LogP contribution in [0.2, 0.25) is 0 Å². The number of amides is 2. The van der Waals surface area contributed by atoms with Gasteiger partial charge in [0.2, 0.25) is 0 Å². The van der Waals surface area contributed by atoms with Gasteiger partial charge in [-0.3, -0.25) is 4.90 Å².